The van der Waals surface area contributed by atoms with E-state index in [0.29, 0.717) is 30.8 Å². The van der Waals surface area contributed by atoms with Gasteiger partial charge in [0.25, 0.3) is 0 Å². The van der Waals surface area contributed by atoms with Crippen molar-refractivity contribution in [2.45, 2.75) is 19.9 Å². The van der Waals surface area contributed by atoms with E-state index in [1.807, 2.05) is 35.8 Å². The van der Waals surface area contributed by atoms with Crippen molar-refractivity contribution in [3.8, 4) is 11.4 Å². The number of ether oxygens (including phenoxy) is 1. The standard InChI is InChI=1S/C24H24N6O3/c1-16-6-7-18(23(31)33-2)20(15-16)29-24(32)27-11-4-14-30-21(17-8-12-25-13-9-17)28-19-5-3-10-26-22(19)30/h3,5-10,12-13,15H,4,11,14H2,1-2H3,(H2,27,29,32). The molecule has 0 fully saturated rings. The third-order valence-corrected chi connectivity index (χ3v) is 5.11. The number of rotatable bonds is 7. The Morgan fingerprint density at radius 3 is 2.70 bits per heavy atom. The molecule has 0 aliphatic heterocycles. The van der Waals surface area contributed by atoms with Gasteiger partial charge >= 0.3 is 12.0 Å². The second-order valence-electron chi connectivity index (χ2n) is 7.44. The molecule has 4 rings (SSSR count). The summed E-state index contributed by atoms with van der Waals surface area (Å²) in [6, 6.07) is 12.4. The van der Waals surface area contributed by atoms with Crippen molar-refractivity contribution in [1.82, 2.24) is 24.8 Å². The van der Waals surface area contributed by atoms with E-state index in [2.05, 4.69) is 20.6 Å². The lowest BCUT2D eigenvalue weighted by atomic mass is 10.1. The van der Waals surface area contributed by atoms with Gasteiger partial charge in [-0.15, -0.1) is 0 Å². The molecule has 1 aromatic carbocycles. The fraction of sp³-hybridized carbons (Fsp3) is 0.208. The Bertz CT molecular complexity index is 1290. The number of aromatic nitrogens is 4. The highest BCUT2D eigenvalue weighted by molar-refractivity contribution is 6.00. The van der Waals surface area contributed by atoms with Gasteiger partial charge in [-0.25, -0.2) is 19.6 Å². The van der Waals surface area contributed by atoms with Gasteiger partial charge in [-0.05, 0) is 55.3 Å². The largest absolute Gasteiger partial charge is 0.465 e. The number of amides is 2. The number of nitrogens with one attached hydrogen (secondary N) is 2. The number of hydrogen-bond donors (Lipinski definition) is 2. The molecule has 0 aliphatic rings. The van der Waals surface area contributed by atoms with Gasteiger partial charge in [0.05, 0.1) is 18.4 Å². The molecule has 0 aliphatic carbocycles. The zero-order chi connectivity index (χ0) is 23.2. The second-order valence-corrected chi connectivity index (χ2v) is 7.44. The number of hydrogen-bond acceptors (Lipinski definition) is 6. The molecular formula is C24H24N6O3. The van der Waals surface area contributed by atoms with E-state index in [-0.39, 0.29) is 0 Å². The van der Waals surface area contributed by atoms with Crippen LogP contribution in [0.3, 0.4) is 0 Å². The number of nitrogens with zero attached hydrogens (tertiary/aromatic N) is 4. The predicted molar refractivity (Wildman–Crippen MR) is 125 cm³/mol. The van der Waals surface area contributed by atoms with E-state index < -0.39 is 12.0 Å². The number of esters is 1. The highest BCUT2D eigenvalue weighted by Crippen LogP contribution is 2.23. The second kappa shape index (κ2) is 9.90. The average Bonchev–Trinajstić information content (AvgIpc) is 3.20. The summed E-state index contributed by atoms with van der Waals surface area (Å²) in [7, 11) is 1.31. The van der Waals surface area contributed by atoms with Crippen molar-refractivity contribution in [1.29, 1.82) is 0 Å². The number of benzene rings is 1. The van der Waals surface area contributed by atoms with Gasteiger partial charge in [-0.2, -0.15) is 0 Å². The van der Waals surface area contributed by atoms with Crippen LogP contribution in [0.5, 0.6) is 0 Å². The van der Waals surface area contributed by atoms with Crippen LogP contribution < -0.4 is 10.6 Å². The third-order valence-electron chi connectivity index (χ3n) is 5.11. The van der Waals surface area contributed by atoms with Crippen LogP contribution in [-0.4, -0.2) is 45.2 Å². The summed E-state index contributed by atoms with van der Waals surface area (Å²) in [4.78, 5) is 37.7. The Balaban J connectivity index is 1.42. The maximum absolute atomic E-state index is 12.4. The summed E-state index contributed by atoms with van der Waals surface area (Å²) >= 11 is 0. The van der Waals surface area contributed by atoms with E-state index in [0.717, 1.165) is 28.1 Å². The van der Waals surface area contributed by atoms with E-state index in [1.54, 1.807) is 36.8 Å². The zero-order valence-electron chi connectivity index (χ0n) is 18.4. The number of pyridine rings is 2. The van der Waals surface area contributed by atoms with Gasteiger partial charge in [-0.3, -0.25) is 4.98 Å². The van der Waals surface area contributed by atoms with E-state index in [1.165, 1.54) is 7.11 Å². The molecule has 33 heavy (non-hydrogen) atoms. The molecule has 0 saturated carbocycles. The van der Waals surface area contributed by atoms with Gasteiger partial charge in [0.15, 0.2) is 5.65 Å². The van der Waals surface area contributed by atoms with Crippen molar-refractivity contribution in [2.75, 3.05) is 19.0 Å². The third kappa shape index (κ3) is 4.98. The molecule has 3 heterocycles. The van der Waals surface area contributed by atoms with Gasteiger partial charge < -0.3 is 19.9 Å². The number of methoxy groups -OCH3 is 1. The first-order chi connectivity index (χ1) is 16.1. The normalized spacial score (nSPS) is 10.7. The molecule has 0 bridgehead atoms. The summed E-state index contributed by atoms with van der Waals surface area (Å²) in [6.07, 6.45) is 5.85. The molecule has 9 nitrogen and oxygen atoms in total. The minimum Gasteiger partial charge on any atom is -0.465 e. The lowest BCUT2D eigenvalue weighted by Crippen LogP contribution is -2.30. The summed E-state index contributed by atoms with van der Waals surface area (Å²) in [6.45, 7) is 2.92. The van der Waals surface area contributed by atoms with Crippen LogP contribution in [0.2, 0.25) is 0 Å². The smallest absolute Gasteiger partial charge is 0.339 e. The van der Waals surface area contributed by atoms with Gasteiger partial charge in [0.2, 0.25) is 0 Å². The number of aryl methyl sites for hydroxylation is 2. The summed E-state index contributed by atoms with van der Waals surface area (Å²) in [5.74, 6) is 0.298. The van der Waals surface area contributed by atoms with Gasteiger partial charge in [0, 0.05) is 37.2 Å². The molecular weight excluding hydrogens is 420 g/mol. The number of carbonyl (C=O) groups excluding carboxylic acids is 2. The molecule has 2 amide bonds. The SMILES string of the molecule is COC(=O)c1ccc(C)cc1NC(=O)NCCCn1c(-c2ccncc2)nc2cccnc21. The van der Waals surface area contributed by atoms with Crippen LogP contribution in [0.1, 0.15) is 22.3 Å². The zero-order valence-corrected chi connectivity index (χ0v) is 18.4. The van der Waals surface area contributed by atoms with Crippen molar-refractivity contribution in [3.63, 3.8) is 0 Å². The van der Waals surface area contributed by atoms with Crippen LogP contribution in [0.25, 0.3) is 22.6 Å². The number of fused-ring (bicyclic) bond motifs is 1. The molecule has 0 spiro atoms. The summed E-state index contributed by atoms with van der Waals surface area (Å²) in [5.41, 5.74) is 4.17. The molecule has 2 N–H and O–H groups in total. The van der Waals surface area contributed by atoms with Crippen LogP contribution in [0.4, 0.5) is 10.5 Å². The Morgan fingerprint density at radius 1 is 1.09 bits per heavy atom. The molecule has 4 aromatic rings. The minimum atomic E-state index is -0.506. The van der Waals surface area contributed by atoms with Crippen LogP contribution >= 0.6 is 0 Å². The van der Waals surface area contributed by atoms with Gasteiger partial charge in [-0.1, -0.05) is 6.07 Å². The lowest BCUT2D eigenvalue weighted by molar-refractivity contribution is 0.0602. The summed E-state index contributed by atoms with van der Waals surface area (Å²) < 4.78 is 6.83. The molecule has 9 heteroatoms. The fourth-order valence-electron chi connectivity index (χ4n) is 3.55. The Hall–Kier alpha value is -4.27. The number of anilines is 1. The van der Waals surface area contributed by atoms with Crippen molar-refractivity contribution < 1.29 is 14.3 Å². The van der Waals surface area contributed by atoms with Crippen LogP contribution in [-0.2, 0) is 11.3 Å². The number of carbonyl (C=O) groups is 2. The molecule has 0 atom stereocenters. The number of urea groups is 1. The maximum atomic E-state index is 12.4. The Morgan fingerprint density at radius 2 is 1.91 bits per heavy atom. The molecule has 0 saturated heterocycles. The monoisotopic (exact) mass is 444 g/mol. The first-order valence-electron chi connectivity index (χ1n) is 10.5. The highest BCUT2D eigenvalue weighted by Gasteiger charge is 2.15. The quantitative estimate of drug-likeness (QED) is 0.331. The molecule has 168 valence electrons. The van der Waals surface area contributed by atoms with E-state index in [9.17, 15) is 9.59 Å². The van der Waals surface area contributed by atoms with Crippen molar-refractivity contribution in [2.24, 2.45) is 0 Å². The maximum Gasteiger partial charge on any atom is 0.339 e. The average molecular weight is 444 g/mol. The topological polar surface area (TPSA) is 111 Å². The van der Waals surface area contributed by atoms with Crippen molar-refractivity contribution >= 4 is 28.9 Å². The van der Waals surface area contributed by atoms with Crippen LogP contribution in [0.15, 0.2) is 61.1 Å². The van der Waals surface area contributed by atoms with Crippen LogP contribution in [0, 0.1) is 6.92 Å². The van der Waals surface area contributed by atoms with E-state index >= 15 is 0 Å². The van der Waals surface area contributed by atoms with Gasteiger partial charge in [0.1, 0.15) is 11.3 Å². The highest BCUT2D eigenvalue weighted by atomic mass is 16.5. The number of imidazole rings is 1. The Labute approximate surface area is 190 Å². The minimum absolute atomic E-state index is 0.302. The Kier molecular flexibility index (Phi) is 6.58. The molecule has 0 radical (unpaired) electrons. The first kappa shape index (κ1) is 21.9. The lowest BCUT2D eigenvalue weighted by Gasteiger charge is -2.12. The summed E-state index contributed by atoms with van der Waals surface area (Å²) in [5, 5.41) is 5.58. The fourth-order valence-corrected chi connectivity index (χ4v) is 3.55. The van der Waals surface area contributed by atoms with E-state index in [4.69, 9.17) is 9.72 Å². The molecule has 3 aromatic heterocycles. The van der Waals surface area contributed by atoms with Crippen molar-refractivity contribution in [3.05, 3.63) is 72.2 Å². The molecule has 0 unspecified atom stereocenters. The first-order valence-corrected chi connectivity index (χ1v) is 10.5. The predicted octanol–water partition coefficient (Wildman–Crippen LogP) is 3.80.